The first-order chi connectivity index (χ1) is 41.2. The molecule has 4 heterocycles. The lowest BCUT2D eigenvalue weighted by Gasteiger charge is -2.49. The first-order valence-corrected chi connectivity index (χ1v) is 29.3. The first-order valence-electron chi connectivity index (χ1n) is 29.3. The van der Waals surface area contributed by atoms with Crippen molar-refractivity contribution in [3.63, 3.8) is 0 Å². The standard InChI is InChI=1S/C76H56B2N4O2/c1-75(2)59-41-25-23-39-57(59)71-73(75)77-61-47-62-64(48-63(61)79(49-27-11-5-12-28-49)65-43-55(83-53-35-19-9-20-36-53)45-67(69(65)77)81(71)51-31-15-7-16-32-51)80(50-29-13-6-14-30-50)66-44-56(84-54-37-21-10-22-38-54)46-68-70(66)78(62)74-72(82(68)52-33-17-8-18-34-52)58-40-24-26-42-60(58)76(74,3)4/h5-48H,1-4H3. The van der Waals surface area contributed by atoms with E-state index in [-0.39, 0.29) is 24.3 Å². The second-order valence-corrected chi connectivity index (χ2v) is 24.0. The highest BCUT2D eigenvalue weighted by molar-refractivity contribution is 6.99. The molecule has 0 unspecified atom stereocenters. The summed E-state index contributed by atoms with van der Waals surface area (Å²) in [5.41, 5.74) is 25.6. The third-order valence-electron chi connectivity index (χ3n) is 18.6. The maximum absolute atomic E-state index is 7.06. The van der Waals surface area contributed by atoms with E-state index in [1.165, 1.54) is 66.4 Å². The molecule has 0 N–H and O–H groups in total. The van der Waals surface area contributed by atoms with E-state index in [0.29, 0.717) is 0 Å². The molecular formula is C76H56B2N4O2. The van der Waals surface area contributed by atoms with Crippen LogP contribution >= 0.6 is 0 Å². The van der Waals surface area contributed by atoms with Crippen molar-refractivity contribution in [1.82, 2.24) is 0 Å². The van der Waals surface area contributed by atoms with Gasteiger partial charge in [0.2, 0.25) is 13.4 Å². The Morgan fingerprint density at radius 3 is 0.940 bits per heavy atom. The van der Waals surface area contributed by atoms with Crippen LogP contribution < -0.4 is 50.9 Å². The Bertz CT molecular complexity index is 4280. The summed E-state index contributed by atoms with van der Waals surface area (Å²) < 4.78 is 14.1. The van der Waals surface area contributed by atoms with E-state index >= 15 is 0 Å². The Hall–Kier alpha value is -10.2. The van der Waals surface area contributed by atoms with Crippen LogP contribution in [0.1, 0.15) is 49.9 Å². The van der Waals surface area contributed by atoms with Gasteiger partial charge in [-0.2, -0.15) is 0 Å². The quantitative estimate of drug-likeness (QED) is 0.141. The van der Waals surface area contributed by atoms with Crippen molar-refractivity contribution in [3.05, 3.63) is 300 Å². The van der Waals surface area contributed by atoms with Gasteiger partial charge in [0.05, 0.1) is 0 Å². The number of nitrogens with zero attached hydrogens (tertiary/aromatic N) is 4. The third-order valence-corrected chi connectivity index (χ3v) is 18.6. The summed E-state index contributed by atoms with van der Waals surface area (Å²) in [6.07, 6.45) is 0. The zero-order valence-electron chi connectivity index (χ0n) is 47.2. The molecule has 0 radical (unpaired) electrons. The highest BCUT2D eigenvalue weighted by Gasteiger charge is 2.57. The third kappa shape index (κ3) is 6.94. The van der Waals surface area contributed by atoms with Crippen LogP contribution in [-0.2, 0) is 10.8 Å². The molecule has 11 aromatic rings. The number of anilines is 10. The van der Waals surface area contributed by atoms with Gasteiger partial charge in [-0.15, -0.1) is 0 Å². The van der Waals surface area contributed by atoms with Crippen LogP contribution in [0.3, 0.4) is 0 Å². The fourth-order valence-corrected chi connectivity index (χ4v) is 15.3. The van der Waals surface area contributed by atoms with Gasteiger partial charge in [0.1, 0.15) is 23.0 Å². The van der Waals surface area contributed by atoms with Crippen molar-refractivity contribution in [2.24, 2.45) is 0 Å². The van der Waals surface area contributed by atoms with E-state index in [4.69, 9.17) is 9.47 Å². The van der Waals surface area contributed by atoms with E-state index in [0.717, 1.165) is 79.9 Å². The smallest absolute Gasteiger partial charge is 0.248 e. The Morgan fingerprint density at radius 2 is 0.583 bits per heavy atom. The van der Waals surface area contributed by atoms with Gasteiger partial charge >= 0.3 is 0 Å². The molecule has 0 saturated carbocycles. The summed E-state index contributed by atoms with van der Waals surface area (Å²) in [4.78, 5) is 10.2. The molecule has 11 aromatic carbocycles. The van der Waals surface area contributed by atoms with Crippen molar-refractivity contribution < 1.29 is 9.47 Å². The minimum absolute atomic E-state index is 0.169. The second-order valence-electron chi connectivity index (χ2n) is 24.0. The maximum Gasteiger partial charge on any atom is 0.248 e. The molecule has 6 nitrogen and oxygen atoms in total. The number of hydrogen-bond donors (Lipinski definition) is 0. The fraction of sp³-hybridized carbons (Fsp3) is 0.0789. The molecule has 6 aliphatic rings. The van der Waals surface area contributed by atoms with E-state index in [1.54, 1.807) is 0 Å². The van der Waals surface area contributed by atoms with Crippen molar-refractivity contribution in [1.29, 1.82) is 0 Å². The molecule has 0 amide bonds. The second kappa shape index (κ2) is 18.2. The molecule has 0 spiro atoms. The molecule has 17 rings (SSSR count). The predicted molar refractivity (Wildman–Crippen MR) is 349 cm³/mol. The van der Waals surface area contributed by atoms with Crippen LogP contribution in [0.25, 0.3) is 11.4 Å². The van der Waals surface area contributed by atoms with E-state index in [1.807, 2.05) is 60.7 Å². The number of fused-ring (bicyclic) bond motifs is 10. The number of ether oxygens (including phenoxy) is 2. The Balaban J connectivity index is 1.02. The zero-order valence-corrected chi connectivity index (χ0v) is 47.2. The van der Waals surface area contributed by atoms with E-state index < -0.39 is 0 Å². The van der Waals surface area contributed by atoms with Crippen LogP contribution in [0.15, 0.2) is 278 Å². The van der Waals surface area contributed by atoms with Crippen molar-refractivity contribution >= 4 is 104 Å². The van der Waals surface area contributed by atoms with Crippen molar-refractivity contribution in [3.8, 4) is 23.0 Å². The molecule has 4 aliphatic heterocycles. The number of para-hydroxylation sites is 6. The number of hydrogen-bond acceptors (Lipinski definition) is 6. The van der Waals surface area contributed by atoms with Crippen LogP contribution in [0.4, 0.5) is 56.9 Å². The van der Waals surface area contributed by atoms with Gasteiger partial charge < -0.3 is 29.1 Å². The fourth-order valence-electron chi connectivity index (χ4n) is 15.3. The minimum atomic E-state index is -0.378. The van der Waals surface area contributed by atoms with Crippen molar-refractivity contribution in [2.75, 3.05) is 19.6 Å². The molecular weight excluding hydrogens is 1020 g/mol. The minimum Gasteiger partial charge on any atom is -0.457 e. The molecule has 0 fully saturated rings. The molecule has 0 saturated heterocycles. The summed E-state index contributed by atoms with van der Waals surface area (Å²) in [6, 6.07) is 97.0. The van der Waals surface area contributed by atoms with Crippen LogP contribution in [0.2, 0.25) is 0 Å². The molecule has 0 atom stereocenters. The van der Waals surface area contributed by atoms with Gasteiger partial charge in [-0.1, -0.05) is 202 Å². The van der Waals surface area contributed by atoms with E-state index in [2.05, 4.69) is 254 Å². The number of allylic oxidation sites excluding steroid dienone is 2. The normalized spacial score (nSPS) is 15.8. The molecule has 0 bridgehead atoms. The number of rotatable bonds is 8. The predicted octanol–water partition coefficient (Wildman–Crippen LogP) is 16.8. The van der Waals surface area contributed by atoms with Crippen molar-refractivity contribution in [2.45, 2.75) is 38.5 Å². The summed E-state index contributed by atoms with van der Waals surface area (Å²) in [5.74, 6) is 3.08. The average Bonchev–Trinajstić information content (AvgIpc) is 1.49. The van der Waals surface area contributed by atoms with Crippen LogP contribution in [0, 0.1) is 0 Å². The summed E-state index contributed by atoms with van der Waals surface area (Å²) in [5, 5.41) is 0. The Morgan fingerprint density at radius 1 is 0.286 bits per heavy atom. The summed E-state index contributed by atoms with van der Waals surface area (Å²) in [7, 11) is 0. The van der Waals surface area contributed by atoms with Crippen LogP contribution in [-0.4, -0.2) is 13.4 Å². The highest BCUT2D eigenvalue weighted by atomic mass is 16.5. The Labute approximate surface area is 491 Å². The van der Waals surface area contributed by atoms with Gasteiger partial charge in [0.25, 0.3) is 0 Å². The average molecular weight is 1080 g/mol. The molecule has 8 heteroatoms. The summed E-state index contributed by atoms with van der Waals surface area (Å²) in [6.45, 7) is 9.50. The molecule has 0 aromatic heterocycles. The SMILES string of the molecule is CC1(C)C2=C(c3ccccc31)N(c1ccccc1)c1cc(Oc3ccccc3)cc3c1B2c1cc2c(cc1N3c1ccccc1)N(c1ccccc1)c1cc(Oc3ccccc3)cc3c1B2C1=C(c2ccccc2C1(C)C)N3c1ccccc1. The van der Waals surface area contributed by atoms with E-state index in [9.17, 15) is 0 Å². The first kappa shape index (κ1) is 48.5. The summed E-state index contributed by atoms with van der Waals surface area (Å²) >= 11 is 0. The largest absolute Gasteiger partial charge is 0.457 e. The van der Waals surface area contributed by atoms with Gasteiger partial charge in [0.15, 0.2) is 0 Å². The monoisotopic (exact) mass is 1080 g/mol. The highest BCUT2D eigenvalue weighted by Crippen LogP contribution is 2.60. The number of benzene rings is 11. The Kier molecular flexibility index (Phi) is 10.5. The lowest BCUT2D eigenvalue weighted by molar-refractivity contribution is 0.483. The maximum atomic E-state index is 7.06. The van der Waals surface area contributed by atoms with Gasteiger partial charge in [-0.25, -0.2) is 0 Å². The van der Waals surface area contributed by atoms with Crippen LogP contribution in [0.5, 0.6) is 23.0 Å². The van der Waals surface area contributed by atoms with Gasteiger partial charge in [-0.05, 0) is 112 Å². The topological polar surface area (TPSA) is 31.4 Å². The zero-order chi connectivity index (χ0) is 56.0. The molecule has 84 heavy (non-hydrogen) atoms. The lowest BCUT2D eigenvalue weighted by atomic mass is 9.27. The van der Waals surface area contributed by atoms with Gasteiger partial charge in [0, 0.05) is 114 Å². The molecule has 398 valence electrons. The molecule has 2 aliphatic carbocycles. The lowest BCUT2D eigenvalue weighted by Crippen LogP contribution is -2.61. The van der Waals surface area contributed by atoms with Gasteiger partial charge in [-0.3, -0.25) is 0 Å².